The molecule has 0 aromatic carbocycles. The van der Waals surface area contributed by atoms with Gasteiger partial charge in [-0.1, -0.05) is 37.3 Å². The third-order valence-electron chi connectivity index (χ3n) is 2.76. The molecule has 0 radical (unpaired) electrons. The fourth-order valence-corrected chi connectivity index (χ4v) is 1.78. The fourth-order valence-electron chi connectivity index (χ4n) is 1.54. The van der Waals surface area contributed by atoms with E-state index in [0.717, 1.165) is 25.7 Å². The Morgan fingerprint density at radius 2 is 1.54 bits per heavy atom. The molecule has 10 heteroatoms. The minimum absolute atomic E-state index is 0.134. The predicted molar refractivity (Wildman–Crippen MR) is 81.8 cm³/mol. The molecule has 1 N–H and O–H groups in total. The molecule has 0 aliphatic carbocycles. The first kappa shape index (κ1) is 22.8. The van der Waals surface area contributed by atoms with Gasteiger partial charge in [0.2, 0.25) is 0 Å². The number of carbonyl (C=O) groups excluding carboxylic acids is 2. The van der Waals surface area contributed by atoms with E-state index in [0.29, 0.717) is 25.0 Å². The highest BCUT2D eigenvalue weighted by atomic mass is 32.2. The molecule has 140 valence electrons. The lowest BCUT2D eigenvalue weighted by Gasteiger charge is -2.12. The molecule has 7 nitrogen and oxygen atoms in total. The molecule has 0 amide bonds. The van der Waals surface area contributed by atoms with E-state index in [9.17, 15) is 18.4 Å². The minimum Gasteiger partial charge on any atom is -0.462 e. The SMILES string of the molecule is C=C(C)C(=O)OCCCCCCCCOC(=O)C(F)(F)SOOO. The van der Waals surface area contributed by atoms with E-state index >= 15 is 0 Å². The van der Waals surface area contributed by atoms with Gasteiger partial charge in [0.05, 0.1) is 13.2 Å². The lowest BCUT2D eigenvalue weighted by molar-refractivity contribution is -0.433. The fraction of sp³-hybridized carbons (Fsp3) is 0.714. The summed E-state index contributed by atoms with van der Waals surface area (Å²) >= 11 is -0.651. The molecule has 0 unspecified atom stereocenters. The molecule has 0 saturated carbocycles. The molecular weight excluding hydrogens is 350 g/mol. The second-order valence-electron chi connectivity index (χ2n) is 4.92. The molecular formula is C14H22F2O7S. The summed E-state index contributed by atoms with van der Waals surface area (Å²) in [6.45, 7) is 5.26. The number of unbranched alkanes of at least 4 members (excludes halogenated alkanes) is 5. The van der Waals surface area contributed by atoms with Crippen LogP contribution < -0.4 is 0 Å². The van der Waals surface area contributed by atoms with Crippen LogP contribution in [-0.4, -0.2) is 35.7 Å². The number of esters is 2. The summed E-state index contributed by atoms with van der Waals surface area (Å²) in [4.78, 5) is 22.1. The maximum absolute atomic E-state index is 13.0. The highest BCUT2D eigenvalue weighted by Gasteiger charge is 2.44. The van der Waals surface area contributed by atoms with Crippen LogP contribution >= 0.6 is 12.0 Å². The molecule has 0 heterocycles. The molecule has 0 aromatic heterocycles. The monoisotopic (exact) mass is 372 g/mol. The maximum Gasteiger partial charge on any atom is 0.415 e. The van der Waals surface area contributed by atoms with Gasteiger partial charge in [-0.2, -0.15) is 8.78 Å². The van der Waals surface area contributed by atoms with Gasteiger partial charge in [-0.05, 0) is 19.8 Å². The topological polar surface area (TPSA) is 91.3 Å². The molecule has 0 spiro atoms. The van der Waals surface area contributed by atoms with Gasteiger partial charge in [0.25, 0.3) is 0 Å². The van der Waals surface area contributed by atoms with Gasteiger partial charge in [-0.25, -0.2) is 14.8 Å². The molecule has 0 aromatic rings. The van der Waals surface area contributed by atoms with Crippen molar-refractivity contribution in [1.82, 2.24) is 0 Å². The third-order valence-corrected chi connectivity index (χ3v) is 3.27. The van der Waals surface area contributed by atoms with Gasteiger partial charge < -0.3 is 9.47 Å². The van der Waals surface area contributed by atoms with Crippen molar-refractivity contribution in [3.8, 4) is 0 Å². The van der Waals surface area contributed by atoms with E-state index in [-0.39, 0.29) is 6.61 Å². The van der Waals surface area contributed by atoms with Crippen LogP contribution in [0.15, 0.2) is 12.2 Å². The van der Waals surface area contributed by atoms with Crippen LogP contribution in [0.5, 0.6) is 0 Å². The number of halogens is 2. The highest BCUT2D eigenvalue weighted by Crippen LogP contribution is 2.31. The van der Waals surface area contributed by atoms with E-state index < -0.39 is 29.2 Å². The lowest BCUT2D eigenvalue weighted by Crippen LogP contribution is -2.27. The average Bonchev–Trinajstić information content (AvgIpc) is 2.53. The van der Waals surface area contributed by atoms with Crippen molar-refractivity contribution in [2.45, 2.75) is 50.7 Å². The van der Waals surface area contributed by atoms with Gasteiger partial charge in [0.15, 0.2) is 0 Å². The first-order valence-electron chi connectivity index (χ1n) is 7.35. The minimum atomic E-state index is -3.95. The van der Waals surface area contributed by atoms with Crippen molar-refractivity contribution in [3.05, 3.63) is 12.2 Å². The molecule has 0 aliphatic heterocycles. The Morgan fingerprint density at radius 1 is 1.04 bits per heavy atom. The summed E-state index contributed by atoms with van der Waals surface area (Å²) in [5, 5.41) is 6.80. The molecule has 0 atom stereocenters. The Hall–Kier alpha value is -1.23. The van der Waals surface area contributed by atoms with Crippen molar-refractivity contribution in [2.75, 3.05) is 13.2 Å². The third kappa shape index (κ3) is 11.3. The second-order valence-corrected chi connectivity index (χ2v) is 5.73. The predicted octanol–water partition coefficient (Wildman–Crippen LogP) is 3.65. The Kier molecular flexibility index (Phi) is 12.4. The Morgan fingerprint density at radius 3 is 2.04 bits per heavy atom. The van der Waals surface area contributed by atoms with Crippen LogP contribution in [0.1, 0.15) is 45.4 Å². The molecule has 0 rings (SSSR count). The molecule has 0 bridgehead atoms. The van der Waals surface area contributed by atoms with E-state index in [2.05, 4.69) is 20.7 Å². The number of rotatable bonds is 14. The number of hydrogen-bond donors (Lipinski definition) is 1. The van der Waals surface area contributed by atoms with Crippen LogP contribution in [0, 0.1) is 0 Å². The van der Waals surface area contributed by atoms with Crippen LogP contribution in [0.3, 0.4) is 0 Å². The van der Waals surface area contributed by atoms with Gasteiger partial charge >= 0.3 is 17.2 Å². The van der Waals surface area contributed by atoms with Crippen LogP contribution in [0.4, 0.5) is 8.78 Å². The molecule has 0 fully saturated rings. The second kappa shape index (κ2) is 13.1. The lowest BCUT2D eigenvalue weighted by atomic mass is 10.1. The van der Waals surface area contributed by atoms with Gasteiger partial charge in [-0.15, -0.1) is 4.33 Å². The van der Waals surface area contributed by atoms with Gasteiger partial charge in [0.1, 0.15) is 12.0 Å². The van der Waals surface area contributed by atoms with Crippen molar-refractivity contribution in [1.29, 1.82) is 0 Å². The standard InChI is InChI=1S/C14H22F2O7S/c1-11(2)12(17)20-9-7-5-3-4-6-8-10-21-13(18)14(15,16)24-23-22-19/h19H,1,3-10H2,2H3. The van der Waals surface area contributed by atoms with Crippen LogP contribution in [0.25, 0.3) is 0 Å². The van der Waals surface area contributed by atoms with E-state index in [1.807, 2.05) is 0 Å². The number of carbonyl (C=O) groups is 2. The van der Waals surface area contributed by atoms with Crippen LogP contribution in [0.2, 0.25) is 0 Å². The molecule has 0 aliphatic rings. The molecule has 24 heavy (non-hydrogen) atoms. The first-order valence-corrected chi connectivity index (χ1v) is 8.09. The summed E-state index contributed by atoms with van der Waals surface area (Å²) in [6, 6.07) is 0. The van der Waals surface area contributed by atoms with Crippen molar-refractivity contribution in [2.24, 2.45) is 0 Å². The Bertz CT molecular complexity index is 405. The highest BCUT2D eigenvalue weighted by molar-refractivity contribution is 7.96. The Balaban J connectivity index is 3.49. The number of alkyl halides is 2. The largest absolute Gasteiger partial charge is 0.462 e. The quantitative estimate of drug-likeness (QED) is 0.123. The summed E-state index contributed by atoms with van der Waals surface area (Å²) in [6.07, 6.45) is 4.52. The maximum atomic E-state index is 13.0. The smallest absolute Gasteiger partial charge is 0.415 e. The van der Waals surface area contributed by atoms with Crippen molar-refractivity contribution >= 4 is 24.0 Å². The molecule has 0 saturated heterocycles. The van der Waals surface area contributed by atoms with E-state index in [1.54, 1.807) is 6.92 Å². The number of hydrogen-bond acceptors (Lipinski definition) is 8. The van der Waals surface area contributed by atoms with Gasteiger partial charge in [0, 0.05) is 5.57 Å². The van der Waals surface area contributed by atoms with Crippen molar-refractivity contribution in [3.63, 3.8) is 0 Å². The van der Waals surface area contributed by atoms with Crippen LogP contribution in [-0.2, 0) is 28.4 Å². The summed E-state index contributed by atoms with van der Waals surface area (Å²) in [5.74, 6) is -2.16. The average molecular weight is 372 g/mol. The zero-order valence-corrected chi connectivity index (χ0v) is 14.2. The van der Waals surface area contributed by atoms with E-state index in [1.165, 1.54) is 0 Å². The van der Waals surface area contributed by atoms with Crippen molar-refractivity contribution < 1.29 is 42.5 Å². The summed E-state index contributed by atoms with van der Waals surface area (Å²) in [7, 11) is 0. The normalized spacial score (nSPS) is 11.2. The zero-order chi connectivity index (χ0) is 18.4. The zero-order valence-electron chi connectivity index (χ0n) is 13.4. The number of ether oxygens (including phenoxy) is 2. The summed E-state index contributed by atoms with van der Waals surface area (Å²) < 4.78 is 38.8. The summed E-state index contributed by atoms with van der Waals surface area (Å²) in [5.41, 5.74) is 0.365. The van der Waals surface area contributed by atoms with E-state index in [4.69, 9.17) is 9.99 Å². The Labute approximate surface area is 143 Å². The first-order chi connectivity index (χ1) is 11.3. The van der Waals surface area contributed by atoms with Gasteiger partial charge in [-0.3, -0.25) is 0 Å².